The van der Waals surface area contributed by atoms with Crippen LogP contribution < -0.4 is 5.32 Å². The van der Waals surface area contributed by atoms with Crippen LogP contribution in [0.3, 0.4) is 0 Å². The van der Waals surface area contributed by atoms with Gasteiger partial charge >= 0.3 is 5.97 Å². The Balaban J connectivity index is 2.49. The number of methoxy groups -OCH3 is 1. The topological polar surface area (TPSA) is 53.9 Å². The molecule has 1 N–H and O–H groups in total. The second-order valence-electron chi connectivity index (χ2n) is 4.44. The molecule has 0 aromatic heterocycles. The minimum absolute atomic E-state index is 0.0656. The summed E-state index contributed by atoms with van der Waals surface area (Å²) in [5.74, 6) is 0.914. The number of carbonyl (C=O) groups is 1. The SMILES string of the molecule is CN=C(NC)N(C)C1CCC(C(=O)OC)CC1. The molecule has 0 heterocycles. The van der Waals surface area contributed by atoms with Crippen LogP contribution in [-0.2, 0) is 9.53 Å². The van der Waals surface area contributed by atoms with Crippen molar-refractivity contribution in [2.75, 3.05) is 28.3 Å². The summed E-state index contributed by atoms with van der Waals surface area (Å²) in [6.45, 7) is 0. The lowest BCUT2D eigenvalue weighted by Gasteiger charge is -2.35. The van der Waals surface area contributed by atoms with E-state index in [1.807, 2.05) is 14.1 Å². The summed E-state index contributed by atoms with van der Waals surface area (Å²) in [7, 11) is 7.16. The number of hydrogen-bond acceptors (Lipinski definition) is 3. The molecule has 0 radical (unpaired) electrons. The van der Waals surface area contributed by atoms with Gasteiger partial charge in [-0.05, 0) is 25.7 Å². The van der Waals surface area contributed by atoms with Crippen LogP contribution in [0.25, 0.3) is 0 Å². The van der Waals surface area contributed by atoms with E-state index in [0.29, 0.717) is 6.04 Å². The Kier molecular flexibility index (Phi) is 5.25. The molecular formula is C12H23N3O2. The number of guanidine groups is 1. The van der Waals surface area contributed by atoms with E-state index in [1.54, 1.807) is 7.05 Å². The number of carbonyl (C=O) groups excluding carboxylic acids is 1. The van der Waals surface area contributed by atoms with Crippen molar-refractivity contribution in [3.63, 3.8) is 0 Å². The highest BCUT2D eigenvalue weighted by Crippen LogP contribution is 2.27. The van der Waals surface area contributed by atoms with Gasteiger partial charge in [0.25, 0.3) is 0 Å². The minimum Gasteiger partial charge on any atom is -0.469 e. The van der Waals surface area contributed by atoms with Crippen LogP contribution in [0.15, 0.2) is 4.99 Å². The molecule has 0 aliphatic heterocycles. The van der Waals surface area contributed by atoms with E-state index in [2.05, 4.69) is 15.2 Å². The number of nitrogens with one attached hydrogen (secondary N) is 1. The molecule has 17 heavy (non-hydrogen) atoms. The van der Waals surface area contributed by atoms with Crippen molar-refractivity contribution in [3.05, 3.63) is 0 Å². The molecule has 0 bridgehead atoms. The lowest BCUT2D eigenvalue weighted by Crippen LogP contribution is -2.45. The van der Waals surface area contributed by atoms with Gasteiger partial charge in [-0.3, -0.25) is 9.79 Å². The molecule has 0 saturated heterocycles. The third-order valence-electron chi connectivity index (χ3n) is 3.55. The molecule has 5 heteroatoms. The van der Waals surface area contributed by atoms with E-state index in [9.17, 15) is 4.79 Å². The monoisotopic (exact) mass is 241 g/mol. The molecule has 1 aliphatic carbocycles. The first-order chi connectivity index (χ1) is 8.13. The smallest absolute Gasteiger partial charge is 0.308 e. The van der Waals surface area contributed by atoms with Gasteiger partial charge in [-0.2, -0.15) is 0 Å². The summed E-state index contributed by atoms with van der Waals surface area (Å²) in [4.78, 5) is 17.8. The zero-order valence-corrected chi connectivity index (χ0v) is 11.2. The molecule has 0 aromatic carbocycles. The highest BCUT2D eigenvalue weighted by Gasteiger charge is 2.29. The molecule has 1 fully saturated rings. The maximum atomic E-state index is 11.4. The fourth-order valence-electron chi connectivity index (χ4n) is 2.48. The average molecular weight is 241 g/mol. The predicted octanol–water partition coefficient (Wildman–Crippen LogP) is 0.855. The normalized spacial score (nSPS) is 25.3. The Morgan fingerprint density at radius 2 is 1.94 bits per heavy atom. The zero-order valence-electron chi connectivity index (χ0n) is 11.2. The van der Waals surface area contributed by atoms with E-state index in [0.717, 1.165) is 31.6 Å². The molecule has 0 amide bonds. The number of rotatable bonds is 2. The third-order valence-corrected chi connectivity index (χ3v) is 3.55. The summed E-state index contributed by atoms with van der Waals surface area (Å²) < 4.78 is 4.79. The van der Waals surface area contributed by atoms with Crippen LogP contribution in [0.5, 0.6) is 0 Å². The first-order valence-electron chi connectivity index (χ1n) is 6.09. The van der Waals surface area contributed by atoms with Gasteiger partial charge < -0.3 is 15.0 Å². The average Bonchev–Trinajstić information content (AvgIpc) is 2.39. The number of nitrogens with zero attached hydrogens (tertiary/aromatic N) is 2. The fraction of sp³-hybridized carbons (Fsp3) is 0.833. The van der Waals surface area contributed by atoms with E-state index in [-0.39, 0.29) is 11.9 Å². The van der Waals surface area contributed by atoms with Gasteiger partial charge in [0.05, 0.1) is 13.0 Å². The highest BCUT2D eigenvalue weighted by atomic mass is 16.5. The molecule has 98 valence electrons. The van der Waals surface area contributed by atoms with Crippen molar-refractivity contribution in [1.29, 1.82) is 0 Å². The molecule has 0 atom stereocenters. The quantitative estimate of drug-likeness (QED) is 0.442. The summed E-state index contributed by atoms with van der Waals surface area (Å²) in [5.41, 5.74) is 0. The van der Waals surface area contributed by atoms with Gasteiger partial charge in [0.2, 0.25) is 0 Å². The van der Waals surface area contributed by atoms with Gasteiger partial charge in [-0.1, -0.05) is 0 Å². The van der Waals surface area contributed by atoms with Crippen molar-refractivity contribution in [2.24, 2.45) is 10.9 Å². The third kappa shape index (κ3) is 3.35. The Morgan fingerprint density at radius 3 is 2.35 bits per heavy atom. The van der Waals surface area contributed by atoms with Crippen molar-refractivity contribution in [2.45, 2.75) is 31.7 Å². The molecule has 1 rings (SSSR count). The molecule has 1 aliphatic rings. The molecule has 0 spiro atoms. The zero-order chi connectivity index (χ0) is 12.8. The Morgan fingerprint density at radius 1 is 1.35 bits per heavy atom. The fourth-order valence-corrected chi connectivity index (χ4v) is 2.48. The van der Waals surface area contributed by atoms with E-state index < -0.39 is 0 Å². The molecule has 0 unspecified atom stereocenters. The highest BCUT2D eigenvalue weighted by molar-refractivity contribution is 5.79. The lowest BCUT2D eigenvalue weighted by molar-refractivity contribution is -0.146. The first-order valence-corrected chi connectivity index (χ1v) is 6.09. The second-order valence-corrected chi connectivity index (χ2v) is 4.44. The summed E-state index contributed by atoms with van der Waals surface area (Å²) in [5, 5.41) is 3.08. The van der Waals surface area contributed by atoms with Gasteiger partial charge in [0.1, 0.15) is 0 Å². The van der Waals surface area contributed by atoms with Crippen LogP contribution in [-0.4, -0.2) is 51.1 Å². The minimum atomic E-state index is -0.0656. The first kappa shape index (κ1) is 13.8. The van der Waals surface area contributed by atoms with Crippen molar-refractivity contribution in [3.8, 4) is 0 Å². The summed E-state index contributed by atoms with van der Waals surface area (Å²) >= 11 is 0. The van der Waals surface area contributed by atoms with Crippen LogP contribution in [0.4, 0.5) is 0 Å². The standard InChI is InChI=1S/C12H23N3O2/c1-13-12(14-2)15(3)10-7-5-9(6-8-10)11(16)17-4/h9-10H,5-8H2,1-4H3,(H,13,14). The second kappa shape index (κ2) is 6.47. The van der Waals surface area contributed by atoms with Crippen LogP contribution in [0.2, 0.25) is 0 Å². The van der Waals surface area contributed by atoms with E-state index in [4.69, 9.17) is 4.74 Å². The number of ether oxygens (including phenoxy) is 1. The lowest BCUT2D eigenvalue weighted by atomic mass is 9.85. The Bertz CT molecular complexity index is 283. The summed E-state index contributed by atoms with van der Waals surface area (Å²) in [6, 6.07) is 0.460. The maximum Gasteiger partial charge on any atom is 0.308 e. The Hall–Kier alpha value is -1.26. The molecule has 5 nitrogen and oxygen atoms in total. The molecule has 1 saturated carbocycles. The number of esters is 1. The van der Waals surface area contributed by atoms with Crippen LogP contribution in [0, 0.1) is 5.92 Å². The largest absolute Gasteiger partial charge is 0.469 e. The number of aliphatic imine (C=N–C) groups is 1. The van der Waals surface area contributed by atoms with Gasteiger partial charge in [-0.15, -0.1) is 0 Å². The van der Waals surface area contributed by atoms with Gasteiger partial charge in [-0.25, -0.2) is 0 Å². The van der Waals surface area contributed by atoms with E-state index in [1.165, 1.54) is 7.11 Å². The van der Waals surface area contributed by atoms with Gasteiger partial charge in [0.15, 0.2) is 5.96 Å². The molecular weight excluding hydrogens is 218 g/mol. The van der Waals surface area contributed by atoms with Crippen LogP contribution >= 0.6 is 0 Å². The van der Waals surface area contributed by atoms with Crippen LogP contribution in [0.1, 0.15) is 25.7 Å². The van der Waals surface area contributed by atoms with Crippen molar-refractivity contribution >= 4 is 11.9 Å². The summed E-state index contributed by atoms with van der Waals surface area (Å²) in [6.07, 6.45) is 3.83. The van der Waals surface area contributed by atoms with E-state index >= 15 is 0 Å². The van der Waals surface area contributed by atoms with Crippen molar-refractivity contribution in [1.82, 2.24) is 10.2 Å². The van der Waals surface area contributed by atoms with Crippen molar-refractivity contribution < 1.29 is 9.53 Å². The molecule has 0 aromatic rings. The maximum absolute atomic E-state index is 11.4. The van der Waals surface area contributed by atoms with Gasteiger partial charge in [0, 0.05) is 27.2 Å². The predicted molar refractivity (Wildman–Crippen MR) is 67.9 cm³/mol. The number of hydrogen-bond donors (Lipinski definition) is 1. The Labute approximate surface area is 103 Å².